The van der Waals surface area contributed by atoms with E-state index >= 15 is 0 Å². The molecule has 0 spiro atoms. The van der Waals surface area contributed by atoms with E-state index in [0.717, 1.165) is 18.5 Å². The maximum absolute atomic E-state index is 9.31. The van der Waals surface area contributed by atoms with Crippen molar-refractivity contribution in [3.05, 3.63) is 29.8 Å². The number of rotatable bonds is 5. The summed E-state index contributed by atoms with van der Waals surface area (Å²) < 4.78 is 0. The highest BCUT2D eigenvalue weighted by Gasteiger charge is 1.98. The minimum atomic E-state index is -0.0886. The minimum absolute atomic E-state index is 0.0867. The summed E-state index contributed by atoms with van der Waals surface area (Å²) in [6.07, 6.45) is 5.06. The highest BCUT2D eigenvalue weighted by Crippen LogP contribution is 2.25. The molecule has 0 bridgehead atoms. The molecule has 1 unspecified atom stereocenters. The van der Waals surface area contributed by atoms with E-state index in [9.17, 15) is 5.11 Å². The lowest BCUT2D eigenvalue weighted by Gasteiger charge is -2.07. The van der Waals surface area contributed by atoms with E-state index < -0.39 is 0 Å². The van der Waals surface area contributed by atoms with E-state index in [4.69, 9.17) is 5.11 Å². The first kappa shape index (κ1) is 12.6. The third kappa shape index (κ3) is 3.95. The number of benzene rings is 1. The van der Waals surface area contributed by atoms with Gasteiger partial charge in [0.05, 0.1) is 0 Å². The van der Waals surface area contributed by atoms with Crippen LogP contribution in [0.15, 0.2) is 24.3 Å². The van der Waals surface area contributed by atoms with Gasteiger partial charge in [0.25, 0.3) is 0 Å². The van der Waals surface area contributed by atoms with E-state index in [1.54, 1.807) is 12.1 Å². The van der Waals surface area contributed by atoms with Crippen molar-refractivity contribution in [2.75, 3.05) is 6.54 Å². The monoisotopic (exact) mass is 221 g/mol. The first-order chi connectivity index (χ1) is 7.63. The summed E-state index contributed by atoms with van der Waals surface area (Å²) in [6, 6.07) is 5.09. The quantitative estimate of drug-likeness (QED) is 0.670. The third-order valence-electron chi connectivity index (χ3n) is 2.29. The minimum Gasteiger partial charge on any atom is -0.504 e. The van der Waals surface area contributed by atoms with Crippen LogP contribution in [-0.4, -0.2) is 22.8 Å². The van der Waals surface area contributed by atoms with Crippen LogP contribution in [0.25, 0.3) is 6.08 Å². The fourth-order valence-corrected chi connectivity index (χ4v) is 1.34. The molecule has 0 radical (unpaired) electrons. The van der Waals surface area contributed by atoms with Crippen LogP contribution < -0.4 is 5.32 Å². The molecule has 0 saturated carbocycles. The second kappa shape index (κ2) is 6.18. The average Bonchev–Trinajstić information content (AvgIpc) is 2.28. The van der Waals surface area contributed by atoms with Gasteiger partial charge < -0.3 is 15.5 Å². The molecule has 1 rings (SSSR count). The maximum Gasteiger partial charge on any atom is 0.157 e. The predicted molar refractivity (Wildman–Crippen MR) is 66.6 cm³/mol. The number of phenols is 2. The Labute approximate surface area is 96.4 Å². The largest absolute Gasteiger partial charge is 0.504 e. The molecule has 0 saturated heterocycles. The van der Waals surface area contributed by atoms with Crippen LogP contribution in [0.5, 0.6) is 11.5 Å². The SMILES string of the molecule is CCCNC(C)/C=C/c1ccc(O)c(O)c1. The van der Waals surface area contributed by atoms with Crippen LogP contribution in [0, 0.1) is 0 Å². The molecule has 0 aliphatic carbocycles. The second-order valence-electron chi connectivity index (χ2n) is 3.85. The van der Waals surface area contributed by atoms with E-state index in [1.165, 1.54) is 6.07 Å². The highest BCUT2D eigenvalue weighted by atomic mass is 16.3. The number of hydrogen-bond donors (Lipinski definition) is 3. The molecule has 0 aliphatic heterocycles. The third-order valence-corrected chi connectivity index (χ3v) is 2.29. The molecule has 3 nitrogen and oxygen atoms in total. The van der Waals surface area contributed by atoms with E-state index in [2.05, 4.69) is 19.2 Å². The zero-order valence-electron chi connectivity index (χ0n) is 9.77. The van der Waals surface area contributed by atoms with Crippen LogP contribution in [0.4, 0.5) is 0 Å². The van der Waals surface area contributed by atoms with Crippen molar-refractivity contribution >= 4 is 6.08 Å². The molecule has 0 amide bonds. The summed E-state index contributed by atoms with van der Waals surface area (Å²) in [4.78, 5) is 0. The van der Waals surface area contributed by atoms with Crippen LogP contribution >= 0.6 is 0 Å². The predicted octanol–water partition coefficient (Wildman–Crippen LogP) is 2.50. The van der Waals surface area contributed by atoms with Crippen LogP contribution in [-0.2, 0) is 0 Å². The Morgan fingerprint density at radius 3 is 2.69 bits per heavy atom. The van der Waals surface area contributed by atoms with E-state index in [0.29, 0.717) is 6.04 Å². The first-order valence-electron chi connectivity index (χ1n) is 5.57. The maximum atomic E-state index is 9.31. The molecule has 0 aromatic heterocycles. The van der Waals surface area contributed by atoms with Crippen molar-refractivity contribution in [1.82, 2.24) is 5.32 Å². The van der Waals surface area contributed by atoms with Gasteiger partial charge in [-0.3, -0.25) is 0 Å². The van der Waals surface area contributed by atoms with Crippen molar-refractivity contribution in [3.63, 3.8) is 0 Å². The summed E-state index contributed by atoms with van der Waals surface area (Å²) in [6.45, 7) is 5.19. The van der Waals surface area contributed by atoms with Crippen molar-refractivity contribution in [1.29, 1.82) is 0 Å². The normalized spacial score (nSPS) is 13.1. The van der Waals surface area contributed by atoms with E-state index in [-0.39, 0.29) is 11.5 Å². The van der Waals surface area contributed by atoms with Gasteiger partial charge in [-0.25, -0.2) is 0 Å². The molecule has 0 heterocycles. The van der Waals surface area contributed by atoms with Gasteiger partial charge in [-0.1, -0.05) is 25.1 Å². The van der Waals surface area contributed by atoms with E-state index in [1.807, 2.05) is 12.2 Å². The van der Waals surface area contributed by atoms with Crippen molar-refractivity contribution in [2.45, 2.75) is 26.3 Å². The topological polar surface area (TPSA) is 52.5 Å². The summed E-state index contributed by atoms with van der Waals surface area (Å²) in [5.74, 6) is -0.175. The summed E-state index contributed by atoms with van der Waals surface area (Å²) in [5.41, 5.74) is 0.875. The number of aromatic hydroxyl groups is 2. The molecule has 1 aromatic carbocycles. The molecular weight excluding hydrogens is 202 g/mol. The fraction of sp³-hybridized carbons (Fsp3) is 0.385. The zero-order valence-corrected chi connectivity index (χ0v) is 9.77. The van der Waals surface area contributed by atoms with Crippen LogP contribution in [0.2, 0.25) is 0 Å². The van der Waals surface area contributed by atoms with Gasteiger partial charge in [-0.2, -0.15) is 0 Å². The molecule has 88 valence electrons. The zero-order chi connectivity index (χ0) is 12.0. The molecule has 0 aliphatic rings. The Hall–Kier alpha value is -1.48. The lowest BCUT2D eigenvalue weighted by atomic mass is 10.1. The van der Waals surface area contributed by atoms with Crippen LogP contribution in [0.1, 0.15) is 25.8 Å². The van der Waals surface area contributed by atoms with Crippen molar-refractivity contribution in [3.8, 4) is 11.5 Å². The van der Waals surface area contributed by atoms with Gasteiger partial charge in [0.1, 0.15) is 0 Å². The summed E-state index contributed by atoms with van der Waals surface area (Å²) >= 11 is 0. The highest BCUT2D eigenvalue weighted by molar-refractivity contribution is 5.55. The summed E-state index contributed by atoms with van der Waals surface area (Å²) in [7, 11) is 0. The van der Waals surface area contributed by atoms with Gasteiger partial charge >= 0.3 is 0 Å². The van der Waals surface area contributed by atoms with Crippen LogP contribution in [0.3, 0.4) is 0 Å². The van der Waals surface area contributed by atoms with Crippen molar-refractivity contribution in [2.24, 2.45) is 0 Å². The van der Waals surface area contributed by atoms with Crippen molar-refractivity contribution < 1.29 is 10.2 Å². The molecule has 0 fully saturated rings. The average molecular weight is 221 g/mol. The van der Waals surface area contributed by atoms with Gasteiger partial charge in [-0.05, 0) is 37.6 Å². The molecular formula is C13H19NO2. The van der Waals surface area contributed by atoms with Gasteiger partial charge in [-0.15, -0.1) is 0 Å². The Morgan fingerprint density at radius 1 is 1.31 bits per heavy atom. The molecule has 1 atom stereocenters. The first-order valence-corrected chi connectivity index (χ1v) is 5.57. The Bertz CT molecular complexity index is 361. The molecule has 16 heavy (non-hydrogen) atoms. The Morgan fingerprint density at radius 2 is 2.06 bits per heavy atom. The second-order valence-corrected chi connectivity index (χ2v) is 3.85. The molecule has 3 heteroatoms. The van der Waals surface area contributed by atoms with Gasteiger partial charge in [0.2, 0.25) is 0 Å². The number of phenolic OH excluding ortho intramolecular Hbond substituents is 2. The van der Waals surface area contributed by atoms with Gasteiger partial charge in [0.15, 0.2) is 11.5 Å². The Balaban J connectivity index is 2.58. The Kier molecular flexibility index (Phi) is 4.86. The smallest absolute Gasteiger partial charge is 0.157 e. The molecule has 1 aromatic rings. The standard InChI is InChI=1S/C13H19NO2/c1-3-8-14-10(2)4-5-11-6-7-12(15)13(16)9-11/h4-7,9-10,14-16H,3,8H2,1-2H3/b5-4+. The summed E-state index contributed by atoms with van der Waals surface area (Å²) in [5, 5.41) is 21.8. The lowest BCUT2D eigenvalue weighted by Crippen LogP contribution is -2.24. The lowest BCUT2D eigenvalue weighted by molar-refractivity contribution is 0.403. The van der Waals surface area contributed by atoms with Gasteiger partial charge in [0, 0.05) is 6.04 Å². The fourth-order valence-electron chi connectivity index (χ4n) is 1.34. The number of hydrogen-bond acceptors (Lipinski definition) is 3. The number of nitrogens with one attached hydrogen (secondary N) is 1. The molecule has 3 N–H and O–H groups in total.